The molecule has 2 heterocycles. The van der Waals surface area contributed by atoms with Gasteiger partial charge < -0.3 is 9.47 Å². The molecule has 0 unspecified atom stereocenters. The molecule has 0 aliphatic carbocycles. The van der Waals surface area contributed by atoms with Gasteiger partial charge in [-0.3, -0.25) is 0 Å². The van der Waals surface area contributed by atoms with Gasteiger partial charge >= 0.3 is 0 Å². The Labute approximate surface area is 309 Å². The summed E-state index contributed by atoms with van der Waals surface area (Å²) >= 11 is 0. The van der Waals surface area contributed by atoms with Crippen molar-refractivity contribution in [2.45, 2.75) is 0 Å². The van der Waals surface area contributed by atoms with Gasteiger partial charge in [0, 0.05) is 32.7 Å². The molecule has 12 rings (SSSR count). The number of fused-ring (bicyclic) bond motifs is 4. The smallest absolute Gasteiger partial charge is 0.135 e. The topological polar surface area (TPSA) is 66.0 Å². The van der Waals surface area contributed by atoms with Crippen LogP contribution in [0.5, 0.6) is 23.0 Å². The Bertz CT molecular complexity index is 3410. The lowest BCUT2D eigenvalue weighted by atomic mass is 9.83. The van der Waals surface area contributed by atoms with Crippen LogP contribution in [0.3, 0.4) is 0 Å². The fraction of sp³-hybridized carbons (Fsp3) is 0. The molecular weight excluding hydrogens is 661 g/mol. The highest BCUT2D eigenvalue weighted by atomic mass is 16.5. The number of nitriles is 2. The van der Waals surface area contributed by atoms with Crippen molar-refractivity contribution in [2.75, 3.05) is 0 Å². The molecule has 0 saturated carbocycles. The monoisotopic (exact) mass is 684 g/mol. The number of para-hydroxylation sites is 1. The van der Waals surface area contributed by atoms with Crippen molar-refractivity contribution < 1.29 is 9.47 Å². The summed E-state index contributed by atoms with van der Waals surface area (Å²) < 4.78 is 13.0. The number of benzene rings is 10. The lowest BCUT2D eigenvalue weighted by Crippen LogP contribution is -1.99. The number of ether oxygens (including phenoxy) is 2. The average molecular weight is 685 g/mol. The van der Waals surface area contributed by atoms with Gasteiger partial charge in [0.25, 0.3) is 0 Å². The van der Waals surface area contributed by atoms with Crippen LogP contribution >= 0.6 is 0 Å². The van der Waals surface area contributed by atoms with E-state index in [-0.39, 0.29) is 0 Å². The predicted molar refractivity (Wildman–Crippen MR) is 216 cm³/mol. The highest BCUT2D eigenvalue weighted by molar-refractivity contribution is 6.30. The summed E-state index contributed by atoms with van der Waals surface area (Å²) in [6, 6.07) is 54.9. The van der Waals surface area contributed by atoms with Gasteiger partial charge in [0.1, 0.15) is 23.0 Å². The molecule has 0 atom stereocenters. The van der Waals surface area contributed by atoms with E-state index in [9.17, 15) is 10.5 Å². The van der Waals surface area contributed by atoms with Crippen molar-refractivity contribution in [3.05, 3.63) is 157 Å². The summed E-state index contributed by atoms with van der Waals surface area (Å²) in [6.07, 6.45) is 0. The Kier molecular flexibility index (Phi) is 5.61. The number of hydrogen-bond acceptors (Lipinski definition) is 4. The van der Waals surface area contributed by atoms with E-state index in [1.54, 1.807) is 0 Å². The lowest BCUT2D eigenvalue weighted by Gasteiger charge is -2.23. The Balaban J connectivity index is 1.12. The van der Waals surface area contributed by atoms with Crippen LogP contribution in [0.2, 0.25) is 0 Å². The molecule has 10 aromatic carbocycles. The van der Waals surface area contributed by atoms with Gasteiger partial charge in [0.15, 0.2) is 0 Å². The zero-order valence-corrected chi connectivity index (χ0v) is 28.6. The molecule has 246 valence electrons. The molecule has 0 N–H and O–H groups in total. The number of hydrogen-bond donors (Lipinski definition) is 0. The predicted octanol–water partition coefficient (Wildman–Crippen LogP) is 13.5. The SMILES string of the molecule is N#Cc1cc(-c2ccc3c(c2)Oc2cccc4cccc-3c24)c2ccc3c(C#N)cc(-c4ccc5c6c(cccc46)-c4ccccc4O5)c4ccc1c2c34. The standard InChI is InChI=1S/C50H24N2O2/c51-25-29-22-41(28-14-15-35-37-9-3-6-27-7-4-13-44(47(27)37)54-46(35)24-28)39-18-16-32-30(26-52)23-42(40-19-17-31(29)49(39)50(32)40)33-20-21-45-48-36(33)10-5-11-38(48)34-8-1-2-12-43(34)53-45/h1-24H. The van der Waals surface area contributed by atoms with E-state index in [0.29, 0.717) is 11.1 Å². The second-order valence-electron chi connectivity index (χ2n) is 14.1. The minimum absolute atomic E-state index is 0.585. The van der Waals surface area contributed by atoms with E-state index in [4.69, 9.17) is 9.47 Å². The Morgan fingerprint density at radius 3 is 1.69 bits per heavy atom. The summed E-state index contributed by atoms with van der Waals surface area (Å²) in [6.45, 7) is 0. The van der Waals surface area contributed by atoms with Crippen molar-refractivity contribution in [1.82, 2.24) is 0 Å². The first-order valence-electron chi connectivity index (χ1n) is 17.9. The first kappa shape index (κ1) is 29.0. The van der Waals surface area contributed by atoms with Gasteiger partial charge in [-0.2, -0.15) is 10.5 Å². The second kappa shape index (κ2) is 10.5. The summed E-state index contributed by atoms with van der Waals surface area (Å²) in [4.78, 5) is 0. The maximum absolute atomic E-state index is 10.6. The van der Waals surface area contributed by atoms with Crippen LogP contribution in [0.25, 0.3) is 98.4 Å². The highest BCUT2D eigenvalue weighted by Crippen LogP contribution is 2.52. The molecule has 0 radical (unpaired) electrons. The van der Waals surface area contributed by atoms with E-state index < -0.39 is 0 Å². The molecule has 0 spiro atoms. The molecule has 54 heavy (non-hydrogen) atoms. The Morgan fingerprint density at radius 2 is 0.889 bits per heavy atom. The Morgan fingerprint density at radius 1 is 0.333 bits per heavy atom. The van der Waals surface area contributed by atoms with Gasteiger partial charge in [-0.1, -0.05) is 103 Å². The van der Waals surface area contributed by atoms with E-state index in [2.05, 4.69) is 109 Å². The third-order valence-electron chi connectivity index (χ3n) is 11.5. The maximum Gasteiger partial charge on any atom is 0.135 e. The molecule has 10 aromatic rings. The average Bonchev–Trinajstić information content (AvgIpc) is 3.22. The largest absolute Gasteiger partial charge is 0.456 e. The minimum Gasteiger partial charge on any atom is -0.456 e. The summed E-state index contributed by atoms with van der Waals surface area (Å²) in [5, 5.41) is 31.3. The van der Waals surface area contributed by atoms with E-state index in [1.807, 2.05) is 48.5 Å². The summed E-state index contributed by atoms with van der Waals surface area (Å²) in [7, 11) is 0. The molecule has 0 aromatic heterocycles. The second-order valence-corrected chi connectivity index (χ2v) is 14.1. The quantitative estimate of drug-likeness (QED) is 0.170. The third kappa shape index (κ3) is 3.73. The van der Waals surface area contributed by atoms with Crippen LogP contribution in [-0.4, -0.2) is 0 Å². The molecule has 4 heteroatoms. The van der Waals surface area contributed by atoms with Crippen LogP contribution in [0, 0.1) is 22.7 Å². The van der Waals surface area contributed by atoms with E-state index in [1.165, 1.54) is 0 Å². The van der Waals surface area contributed by atoms with Crippen LogP contribution < -0.4 is 9.47 Å². The molecule has 0 bridgehead atoms. The fourth-order valence-electron chi connectivity index (χ4n) is 9.19. The highest BCUT2D eigenvalue weighted by Gasteiger charge is 2.25. The van der Waals surface area contributed by atoms with Gasteiger partial charge in [-0.15, -0.1) is 0 Å². The van der Waals surface area contributed by atoms with Crippen LogP contribution in [0.4, 0.5) is 0 Å². The molecule has 4 nitrogen and oxygen atoms in total. The van der Waals surface area contributed by atoms with Crippen LogP contribution in [0.15, 0.2) is 146 Å². The van der Waals surface area contributed by atoms with Crippen molar-refractivity contribution in [1.29, 1.82) is 10.5 Å². The molecule has 0 amide bonds. The first-order chi connectivity index (χ1) is 26.7. The summed E-state index contributed by atoms with van der Waals surface area (Å²) in [5.74, 6) is 3.29. The normalized spacial score (nSPS) is 12.3. The van der Waals surface area contributed by atoms with Gasteiger partial charge in [0.2, 0.25) is 0 Å². The number of nitrogens with zero attached hydrogens (tertiary/aromatic N) is 2. The zero-order valence-electron chi connectivity index (χ0n) is 28.6. The van der Waals surface area contributed by atoms with Gasteiger partial charge in [0.05, 0.1) is 23.3 Å². The number of rotatable bonds is 2. The molecule has 2 aliphatic rings. The first-order valence-corrected chi connectivity index (χ1v) is 17.9. The van der Waals surface area contributed by atoms with Gasteiger partial charge in [-0.25, -0.2) is 0 Å². The van der Waals surface area contributed by atoms with Crippen molar-refractivity contribution >= 4 is 53.9 Å². The lowest BCUT2D eigenvalue weighted by molar-refractivity contribution is 0.487. The maximum atomic E-state index is 10.6. The van der Waals surface area contributed by atoms with Crippen LogP contribution in [0.1, 0.15) is 11.1 Å². The molecule has 0 saturated heterocycles. The zero-order chi connectivity index (χ0) is 35.7. The van der Waals surface area contributed by atoms with E-state index in [0.717, 1.165) is 121 Å². The third-order valence-corrected chi connectivity index (χ3v) is 11.5. The van der Waals surface area contributed by atoms with E-state index >= 15 is 0 Å². The summed E-state index contributed by atoms with van der Waals surface area (Å²) in [5.41, 5.74) is 9.45. The van der Waals surface area contributed by atoms with Crippen molar-refractivity contribution in [2.24, 2.45) is 0 Å². The Hall–Kier alpha value is -7.66. The van der Waals surface area contributed by atoms with Crippen LogP contribution in [-0.2, 0) is 0 Å². The fourth-order valence-corrected chi connectivity index (χ4v) is 9.19. The van der Waals surface area contributed by atoms with Crippen molar-refractivity contribution in [3.63, 3.8) is 0 Å². The van der Waals surface area contributed by atoms with Crippen molar-refractivity contribution in [3.8, 4) is 79.6 Å². The molecule has 0 fully saturated rings. The molecule has 2 aliphatic heterocycles. The minimum atomic E-state index is 0.585. The van der Waals surface area contributed by atoms with Gasteiger partial charge in [-0.05, 0) is 108 Å². The molecular formula is C50H24N2O2.